The van der Waals surface area contributed by atoms with Crippen molar-refractivity contribution in [1.82, 2.24) is 24.5 Å². The Morgan fingerprint density at radius 2 is 2.32 bits per heavy atom. The van der Waals surface area contributed by atoms with Gasteiger partial charge in [-0.1, -0.05) is 0 Å². The number of likely N-dealkylation sites (tertiary alicyclic amines) is 1. The quantitative estimate of drug-likeness (QED) is 0.704. The van der Waals surface area contributed by atoms with Crippen molar-refractivity contribution in [1.29, 1.82) is 0 Å². The Morgan fingerprint density at radius 1 is 1.44 bits per heavy atom. The van der Waals surface area contributed by atoms with Gasteiger partial charge in [-0.05, 0) is 32.9 Å². The molecule has 4 heterocycles. The highest BCUT2D eigenvalue weighted by molar-refractivity contribution is 7.11. The van der Waals surface area contributed by atoms with Crippen LogP contribution in [0.1, 0.15) is 40.5 Å². The molecule has 0 spiro atoms. The number of aromatic nitrogens is 4. The SMILES string of the molecule is CC(=O)Cc1ncc(CN2CCC(c3cc(C)nc4ccnn34)C2)s1. The molecule has 1 saturated heterocycles. The lowest BCUT2D eigenvalue weighted by molar-refractivity contribution is -0.116. The highest BCUT2D eigenvalue weighted by Crippen LogP contribution is 2.29. The predicted molar refractivity (Wildman–Crippen MR) is 96.9 cm³/mol. The van der Waals surface area contributed by atoms with Crippen molar-refractivity contribution < 1.29 is 4.79 Å². The molecule has 1 fully saturated rings. The summed E-state index contributed by atoms with van der Waals surface area (Å²) in [6.45, 7) is 6.63. The third-order valence-corrected chi connectivity index (χ3v) is 5.57. The van der Waals surface area contributed by atoms with Crippen LogP contribution in [0.25, 0.3) is 5.65 Å². The molecule has 3 aromatic heterocycles. The zero-order chi connectivity index (χ0) is 17.4. The first kappa shape index (κ1) is 16.4. The number of carbonyl (C=O) groups excluding carboxylic acids is 1. The van der Waals surface area contributed by atoms with Gasteiger partial charge in [-0.3, -0.25) is 9.69 Å². The highest BCUT2D eigenvalue weighted by Gasteiger charge is 2.26. The minimum Gasteiger partial charge on any atom is -0.300 e. The molecular weight excluding hydrogens is 334 g/mol. The molecule has 6 nitrogen and oxygen atoms in total. The average molecular weight is 355 g/mol. The maximum absolute atomic E-state index is 11.2. The first-order chi connectivity index (χ1) is 12.1. The minimum atomic E-state index is 0.165. The number of hydrogen-bond acceptors (Lipinski definition) is 6. The van der Waals surface area contributed by atoms with Crippen LogP contribution in [-0.2, 0) is 17.8 Å². The molecule has 1 aliphatic rings. The molecule has 0 saturated carbocycles. The van der Waals surface area contributed by atoms with Gasteiger partial charge in [0.2, 0.25) is 0 Å². The van der Waals surface area contributed by atoms with Gasteiger partial charge in [-0.2, -0.15) is 5.10 Å². The molecule has 0 radical (unpaired) electrons. The third kappa shape index (κ3) is 3.48. The monoisotopic (exact) mass is 355 g/mol. The fourth-order valence-electron chi connectivity index (χ4n) is 3.51. The zero-order valence-corrected chi connectivity index (χ0v) is 15.3. The minimum absolute atomic E-state index is 0.165. The Kier molecular flexibility index (Phi) is 4.35. The van der Waals surface area contributed by atoms with Gasteiger partial charge in [0.15, 0.2) is 5.65 Å². The fourth-order valence-corrected chi connectivity index (χ4v) is 4.55. The molecule has 0 aliphatic carbocycles. The summed E-state index contributed by atoms with van der Waals surface area (Å²) in [5.74, 6) is 0.632. The molecule has 0 bridgehead atoms. The lowest BCUT2D eigenvalue weighted by Gasteiger charge is -2.16. The van der Waals surface area contributed by atoms with Gasteiger partial charge in [-0.15, -0.1) is 11.3 Å². The van der Waals surface area contributed by atoms with Crippen molar-refractivity contribution in [3.05, 3.63) is 45.8 Å². The third-order valence-electron chi connectivity index (χ3n) is 4.59. The van der Waals surface area contributed by atoms with Crippen molar-refractivity contribution in [2.45, 2.75) is 39.2 Å². The van der Waals surface area contributed by atoms with E-state index < -0.39 is 0 Å². The van der Waals surface area contributed by atoms with Gasteiger partial charge in [0.1, 0.15) is 10.8 Å². The molecule has 25 heavy (non-hydrogen) atoms. The van der Waals surface area contributed by atoms with E-state index in [2.05, 4.69) is 26.0 Å². The molecule has 1 atom stereocenters. The maximum atomic E-state index is 11.2. The van der Waals surface area contributed by atoms with Crippen LogP contribution in [0.5, 0.6) is 0 Å². The summed E-state index contributed by atoms with van der Waals surface area (Å²) in [7, 11) is 0. The molecule has 3 aromatic rings. The standard InChI is InChI=1S/C18H21N5OS/c1-12-7-16(23-17(21-12)3-5-20-23)14-4-6-22(10-14)11-15-9-19-18(25-15)8-13(2)24/h3,5,7,9,14H,4,6,8,10-11H2,1-2H3. The number of carbonyl (C=O) groups is 1. The summed E-state index contributed by atoms with van der Waals surface area (Å²) in [4.78, 5) is 23.8. The van der Waals surface area contributed by atoms with E-state index in [9.17, 15) is 4.79 Å². The van der Waals surface area contributed by atoms with E-state index in [0.29, 0.717) is 12.3 Å². The van der Waals surface area contributed by atoms with E-state index >= 15 is 0 Å². The summed E-state index contributed by atoms with van der Waals surface area (Å²) in [6, 6.07) is 4.11. The van der Waals surface area contributed by atoms with E-state index in [-0.39, 0.29) is 5.78 Å². The number of hydrogen-bond donors (Lipinski definition) is 0. The van der Waals surface area contributed by atoms with Crippen LogP contribution in [0, 0.1) is 6.92 Å². The van der Waals surface area contributed by atoms with Crippen LogP contribution in [0.15, 0.2) is 24.5 Å². The van der Waals surface area contributed by atoms with E-state index in [1.165, 1.54) is 10.6 Å². The Hall–Kier alpha value is -2.12. The first-order valence-corrected chi connectivity index (χ1v) is 9.37. The second-order valence-corrected chi connectivity index (χ2v) is 7.94. The number of nitrogens with zero attached hydrogens (tertiary/aromatic N) is 5. The highest BCUT2D eigenvalue weighted by atomic mass is 32.1. The van der Waals surface area contributed by atoms with Gasteiger partial charge in [0.05, 0.1) is 18.3 Å². The second kappa shape index (κ2) is 6.65. The summed E-state index contributed by atoms with van der Waals surface area (Å²) >= 11 is 1.65. The number of aryl methyl sites for hydroxylation is 1. The summed E-state index contributed by atoms with van der Waals surface area (Å²) in [6.07, 6.45) is 5.29. The van der Waals surface area contributed by atoms with Crippen LogP contribution in [0.4, 0.5) is 0 Å². The number of Topliss-reactive ketones (excluding diaryl/α,β-unsaturated/α-hetero) is 1. The largest absolute Gasteiger partial charge is 0.300 e. The van der Waals surface area contributed by atoms with Gasteiger partial charge in [0, 0.05) is 41.8 Å². The van der Waals surface area contributed by atoms with Crippen molar-refractivity contribution in [2.75, 3.05) is 13.1 Å². The second-order valence-electron chi connectivity index (χ2n) is 6.74. The maximum Gasteiger partial charge on any atom is 0.155 e. The van der Waals surface area contributed by atoms with E-state index in [1.54, 1.807) is 18.3 Å². The molecule has 7 heteroatoms. The summed E-state index contributed by atoms with van der Waals surface area (Å²) in [5, 5.41) is 5.36. The number of fused-ring (bicyclic) bond motifs is 1. The first-order valence-electron chi connectivity index (χ1n) is 8.55. The topological polar surface area (TPSA) is 63.4 Å². The van der Waals surface area contributed by atoms with Crippen molar-refractivity contribution >= 4 is 22.8 Å². The van der Waals surface area contributed by atoms with Gasteiger partial charge >= 0.3 is 0 Å². The molecule has 0 amide bonds. The van der Waals surface area contributed by atoms with Gasteiger partial charge < -0.3 is 0 Å². The van der Waals surface area contributed by atoms with E-state index in [1.807, 2.05) is 29.9 Å². The Labute approximate surface area is 150 Å². The predicted octanol–water partition coefficient (Wildman–Crippen LogP) is 2.62. The molecule has 130 valence electrons. The lowest BCUT2D eigenvalue weighted by Crippen LogP contribution is -2.20. The summed E-state index contributed by atoms with van der Waals surface area (Å²) < 4.78 is 1.97. The summed E-state index contributed by atoms with van der Waals surface area (Å²) in [5.41, 5.74) is 3.21. The molecular formula is C18H21N5OS. The van der Waals surface area contributed by atoms with Gasteiger partial charge in [-0.25, -0.2) is 14.5 Å². The van der Waals surface area contributed by atoms with Crippen molar-refractivity contribution in [3.8, 4) is 0 Å². The average Bonchev–Trinajstić information content (AvgIpc) is 3.27. The normalized spacial score (nSPS) is 18.2. The number of thiazole rings is 1. The van der Waals surface area contributed by atoms with Crippen molar-refractivity contribution in [3.63, 3.8) is 0 Å². The number of rotatable bonds is 5. The van der Waals surface area contributed by atoms with Crippen LogP contribution in [-0.4, -0.2) is 43.4 Å². The molecule has 0 aromatic carbocycles. The van der Waals surface area contributed by atoms with E-state index in [0.717, 1.165) is 42.4 Å². The molecule has 1 unspecified atom stereocenters. The molecule has 1 aliphatic heterocycles. The Morgan fingerprint density at radius 3 is 3.16 bits per heavy atom. The van der Waals surface area contributed by atoms with Crippen molar-refractivity contribution in [2.24, 2.45) is 0 Å². The van der Waals surface area contributed by atoms with Crippen LogP contribution in [0.2, 0.25) is 0 Å². The van der Waals surface area contributed by atoms with Crippen LogP contribution >= 0.6 is 11.3 Å². The Bertz CT molecular complexity index is 915. The van der Waals surface area contributed by atoms with Crippen LogP contribution in [0.3, 0.4) is 0 Å². The molecule has 4 rings (SSSR count). The number of ketones is 1. The molecule has 0 N–H and O–H groups in total. The Balaban J connectivity index is 1.47. The lowest BCUT2D eigenvalue weighted by atomic mass is 10.0. The smallest absolute Gasteiger partial charge is 0.155 e. The fraction of sp³-hybridized carbons (Fsp3) is 0.444. The van der Waals surface area contributed by atoms with E-state index in [4.69, 9.17) is 0 Å². The van der Waals surface area contributed by atoms with Crippen LogP contribution < -0.4 is 0 Å². The van der Waals surface area contributed by atoms with Gasteiger partial charge in [0.25, 0.3) is 0 Å². The zero-order valence-electron chi connectivity index (χ0n) is 14.5.